The molecule has 1 aromatic carbocycles. The molecule has 0 heterocycles. The fourth-order valence-corrected chi connectivity index (χ4v) is 2.78. The molecule has 0 atom stereocenters. The van der Waals surface area contributed by atoms with Crippen LogP contribution in [0.5, 0.6) is 0 Å². The van der Waals surface area contributed by atoms with Crippen molar-refractivity contribution in [2.45, 2.75) is 18.7 Å². The minimum atomic E-state index is -4.20. The predicted octanol–water partition coefficient (Wildman–Crippen LogP) is 0.547. The molecule has 0 aliphatic heterocycles. The van der Waals surface area contributed by atoms with Crippen LogP contribution in [0.4, 0.5) is 11.4 Å². The largest absolute Gasteiger partial charge is 0.365 e. The second kappa shape index (κ2) is 7.38. The summed E-state index contributed by atoms with van der Waals surface area (Å²) in [6.07, 6.45) is 0. The van der Waals surface area contributed by atoms with E-state index in [9.17, 15) is 23.3 Å². The number of carbonyl (C=O) groups is 1. The van der Waals surface area contributed by atoms with Crippen molar-refractivity contribution >= 4 is 27.3 Å². The number of benzene rings is 1. The van der Waals surface area contributed by atoms with Crippen molar-refractivity contribution in [2.75, 3.05) is 31.6 Å². The van der Waals surface area contributed by atoms with Gasteiger partial charge in [-0.15, -0.1) is 0 Å². The molecule has 1 rings (SSSR count). The Morgan fingerprint density at radius 1 is 1.30 bits per heavy atom. The third kappa shape index (κ3) is 4.63. The van der Waals surface area contributed by atoms with E-state index in [-0.39, 0.29) is 12.5 Å². The minimum absolute atomic E-state index is 0.0214. The Kier molecular flexibility index (Phi) is 6.05. The number of primary sulfonamides is 1. The molecular formula is C13H20N4O5S. The number of nitrogens with zero attached hydrogens (tertiary/aromatic N) is 3. The molecule has 0 radical (unpaired) electrons. The lowest BCUT2D eigenvalue weighted by molar-refractivity contribution is -0.387. The van der Waals surface area contributed by atoms with E-state index in [2.05, 4.69) is 0 Å². The Hall–Kier alpha value is -2.20. The molecular weight excluding hydrogens is 324 g/mol. The van der Waals surface area contributed by atoms with Crippen LogP contribution >= 0.6 is 0 Å². The quantitative estimate of drug-likeness (QED) is 0.568. The average Bonchev–Trinajstić information content (AvgIpc) is 2.46. The summed E-state index contributed by atoms with van der Waals surface area (Å²) >= 11 is 0. The van der Waals surface area contributed by atoms with E-state index in [0.29, 0.717) is 18.8 Å². The number of sulfonamides is 1. The Balaban J connectivity index is 3.12. The number of hydrogen-bond acceptors (Lipinski definition) is 6. The van der Waals surface area contributed by atoms with Gasteiger partial charge in [-0.25, -0.2) is 13.6 Å². The van der Waals surface area contributed by atoms with Gasteiger partial charge in [-0.3, -0.25) is 14.9 Å². The zero-order valence-corrected chi connectivity index (χ0v) is 14.0. The predicted molar refractivity (Wildman–Crippen MR) is 85.7 cm³/mol. The maximum absolute atomic E-state index is 12.1. The van der Waals surface area contributed by atoms with Crippen molar-refractivity contribution in [1.82, 2.24) is 4.90 Å². The first-order valence-corrected chi connectivity index (χ1v) is 8.46. The van der Waals surface area contributed by atoms with Crippen LogP contribution in [0.1, 0.15) is 13.8 Å². The van der Waals surface area contributed by atoms with Crippen LogP contribution in [-0.2, 0) is 14.8 Å². The van der Waals surface area contributed by atoms with Crippen LogP contribution in [0.15, 0.2) is 23.1 Å². The molecule has 0 aliphatic rings. The number of amides is 1. The molecule has 0 bridgehead atoms. The van der Waals surface area contributed by atoms with Gasteiger partial charge < -0.3 is 9.80 Å². The number of nitro benzene ring substituents is 1. The molecule has 23 heavy (non-hydrogen) atoms. The van der Waals surface area contributed by atoms with E-state index < -0.39 is 25.5 Å². The summed E-state index contributed by atoms with van der Waals surface area (Å²) in [4.78, 5) is 24.9. The first kappa shape index (κ1) is 18.8. The zero-order valence-electron chi connectivity index (χ0n) is 13.2. The molecule has 0 saturated carbocycles. The molecule has 0 spiro atoms. The van der Waals surface area contributed by atoms with Crippen molar-refractivity contribution in [3.8, 4) is 0 Å². The van der Waals surface area contributed by atoms with E-state index in [1.807, 2.05) is 13.8 Å². The highest BCUT2D eigenvalue weighted by atomic mass is 32.2. The molecule has 1 amide bonds. The van der Waals surface area contributed by atoms with E-state index in [4.69, 9.17) is 5.14 Å². The standard InChI is InChI=1S/C13H20N4O5S/c1-4-16(5-2)13(18)9-15(3)10-6-7-12(23(14,21)22)11(8-10)17(19)20/h6-8H,4-5,9H2,1-3H3,(H2,14,21,22). The van der Waals surface area contributed by atoms with Gasteiger partial charge in [0.2, 0.25) is 15.9 Å². The highest BCUT2D eigenvalue weighted by molar-refractivity contribution is 7.89. The van der Waals surface area contributed by atoms with Crippen LogP contribution in [0, 0.1) is 10.1 Å². The minimum Gasteiger partial charge on any atom is -0.365 e. The highest BCUT2D eigenvalue weighted by Crippen LogP contribution is 2.27. The first-order valence-electron chi connectivity index (χ1n) is 6.91. The van der Waals surface area contributed by atoms with Gasteiger partial charge in [0.15, 0.2) is 4.90 Å². The second-order valence-corrected chi connectivity index (χ2v) is 6.41. The third-order valence-corrected chi connectivity index (χ3v) is 4.33. The summed E-state index contributed by atoms with van der Waals surface area (Å²) in [5.41, 5.74) is -0.267. The summed E-state index contributed by atoms with van der Waals surface area (Å²) in [5, 5.41) is 16.0. The van der Waals surface area contributed by atoms with Gasteiger partial charge in [0.25, 0.3) is 5.69 Å². The molecule has 0 fully saturated rings. The van der Waals surface area contributed by atoms with Gasteiger partial charge in [-0.1, -0.05) is 0 Å². The number of nitro groups is 1. The van der Waals surface area contributed by atoms with Crippen molar-refractivity contribution < 1.29 is 18.1 Å². The molecule has 10 heteroatoms. The SMILES string of the molecule is CCN(CC)C(=O)CN(C)c1ccc(S(N)(=O)=O)c([N+](=O)[O-])c1. The van der Waals surface area contributed by atoms with E-state index >= 15 is 0 Å². The van der Waals surface area contributed by atoms with Gasteiger partial charge in [-0.05, 0) is 26.0 Å². The van der Waals surface area contributed by atoms with Crippen molar-refractivity contribution in [2.24, 2.45) is 5.14 Å². The lowest BCUT2D eigenvalue weighted by Crippen LogP contribution is -2.38. The Bertz CT molecular complexity index is 700. The second-order valence-electron chi connectivity index (χ2n) is 4.88. The number of nitrogens with two attached hydrogens (primary N) is 1. The molecule has 0 aromatic heterocycles. The molecule has 0 unspecified atom stereocenters. The van der Waals surface area contributed by atoms with Crippen LogP contribution in [0.25, 0.3) is 0 Å². The maximum atomic E-state index is 12.1. The topological polar surface area (TPSA) is 127 Å². The molecule has 128 valence electrons. The normalized spacial score (nSPS) is 11.1. The molecule has 0 saturated heterocycles. The number of carbonyl (C=O) groups excluding carboxylic acids is 1. The van der Waals surface area contributed by atoms with Crippen LogP contribution < -0.4 is 10.0 Å². The van der Waals surface area contributed by atoms with Crippen molar-refractivity contribution in [3.05, 3.63) is 28.3 Å². The van der Waals surface area contributed by atoms with Crippen molar-refractivity contribution in [3.63, 3.8) is 0 Å². The van der Waals surface area contributed by atoms with Crippen LogP contribution in [-0.4, -0.2) is 50.8 Å². The van der Waals surface area contributed by atoms with Gasteiger partial charge in [0.1, 0.15) is 0 Å². The van der Waals surface area contributed by atoms with Crippen LogP contribution in [0.2, 0.25) is 0 Å². The summed E-state index contributed by atoms with van der Waals surface area (Å²) in [6, 6.07) is 3.54. The maximum Gasteiger partial charge on any atom is 0.291 e. The summed E-state index contributed by atoms with van der Waals surface area (Å²) in [5.74, 6) is -0.129. The molecule has 0 aliphatic carbocycles. The lowest BCUT2D eigenvalue weighted by atomic mass is 10.2. The van der Waals surface area contributed by atoms with Crippen molar-refractivity contribution in [1.29, 1.82) is 0 Å². The van der Waals surface area contributed by atoms with E-state index in [1.165, 1.54) is 11.0 Å². The van der Waals surface area contributed by atoms with E-state index in [1.54, 1.807) is 11.9 Å². The summed E-state index contributed by atoms with van der Waals surface area (Å²) in [7, 11) is -2.61. The highest BCUT2D eigenvalue weighted by Gasteiger charge is 2.24. The number of rotatable bonds is 7. The lowest BCUT2D eigenvalue weighted by Gasteiger charge is -2.24. The monoisotopic (exact) mass is 344 g/mol. The van der Waals surface area contributed by atoms with Gasteiger partial charge >= 0.3 is 0 Å². The third-order valence-electron chi connectivity index (χ3n) is 3.38. The molecule has 1 aromatic rings. The van der Waals surface area contributed by atoms with Gasteiger partial charge in [0.05, 0.1) is 11.5 Å². The average molecular weight is 344 g/mol. The Morgan fingerprint density at radius 3 is 2.30 bits per heavy atom. The number of anilines is 1. The summed E-state index contributed by atoms with van der Waals surface area (Å²) < 4.78 is 22.8. The number of hydrogen-bond donors (Lipinski definition) is 1. The fourth-order valence-electron chi connectivity index (χ4n) is 2.10. The van der Waals surface area contributed by atoms with Gasteiger partial charge in [-0.2, -0.15) is 0 Å². The molecule has 9 nitrogen and oxygen atoms in total. The Morgan fingerprint density at radius 2 is 1.87 bits per heavy atom. The number of likely N-dealkylation sites (N-methyl/N-ethyl adjacent to an activating group) is 2. The summed E-state index contributed by atoms with van der Waals surface area (Å²) in [6.45, 7) is 4.86. The van der Waals surface area contributed by atoms with Crippen LogP contribution in [0.3, 0.4) is 0 Å². The van der Waals surface area contributed by atoms with Gasteiger partial charge in [0, 0.05) is 31.9 Å². The van der Waals surface area contributed by atoms with E-state index in [0.717, 1.165) is 12.1 Å². The first-order chi connectivity index (χ1) is 10.6. The fraction of sp³-hybridized carbons (Fsp3) is 0.462. The Labute approximate surface area is 134 Å². The zero-order chi connectivity index (χ0) is 17.8. The smallest absolute Gasteiger partial charge is 0.291 e. The molecule has 2 N–H and O–H groups in total.